The number of rotatable bonds is 5. The molecule has 0 amide bonds. The zero-order valence-electron chi connectivity index (χ0n) is 9.66. The van der Waals surface area contributed by atoms with Crippen LogP contribution >= 0.6 is 15.9 Å². The number of halogens is 1. The zero-order chi connectivity index (χ0) is 11.5. The van der Waals surface area contributed by atoms with Gasteiger partial charge in [0.05, 0.1) is 0 Å². The van der Waals surface area contributed by atoms with E-state index in [2.05, 4.69) is 27.8 Å². The van der Waals surface area contributed by atoms with Gasteiger partial charge >= 0.3 is 0 Å². The maximum absolute atomic E-state index is 8.59. The minimum Gasteiger partial charge on any atom is -0.396 e. The summed E-state index contributed by atoms with van der Waals surface area (Å²) in [4.78, 5) is 2.45. The molecule has 92 valence electrons. The number of likely N-dealkylation sites (tertiary alicyclic amines) is 1. The smallest absolute Gasteiger partial charge is 0.0443 e. The first-order chi connectivity index (χ1) is 7.26. The highest BCUT2D eigenvalue weighted by Gasteiger charge is 2.18. The third kappa shape index (κ3) is 8.20. The molecule has 0 aliphatic carbocycles. The van der Waals surface area contributed by atoms with Crippen LogP contribution in [0.3, 0.4) is 0 Å². The van der Waals surface area contributed by atoms with E-state index in [-0.39, 0.29) is 0 Å². The summed E-state index contributed by atoms with van der Waals surface area (Å²) < 4.78 is 0. The fourth-order valence-electron chi connectivity index (χ4n) is 1.66. The van der Waals surface area contributed by atoms with E-state index in [0.29, 0.717) is 13.2 Å². The summed E-state index contributed by atoms with van der Waals surface area (Å²) in [5.41, 5.74) is 0. The largest absolute Gasteiger partial charge is 0.396 e. The van der Waals surface area contributed by atoms with Crippen LogP contribution in [-0.2, 0) is 0 Å². The Morgan fingerprint density at radius 2 is 1.93 bits per heavy atom. The predicted octanol–water partition coefficient (Wildman–Crippen LogP) is 1.62. The van der Waals surface area contributed by atoms with Crippen LogP contribution in [-0.4, -0.2) is 52.8 Å². The summed E-state index contributed by atoms with van der Waals surface area (Å²) in [7, 11) is 0. The fraction of sp³-hybridized carbons (Fsp3) is 1.00. The molecule has 0 spiro atoms. The lowest BCUT2D eigenvalue weighted by atomic mass is 10.2. The molecule has 15 heavy (non-hydrogen) atoms. The Morgan fingerprint density at radius 1 is 1.27 bits per heavy atom. The highest BCUT2D eigenvalue weighted by molar-refractivity contribution is 9.09. The van der Waals surface area contributed by atoms with Crippen LogP contribution < -0.4 is 0 Å². The predicted molar refractivity (Wildman–Crippen MR) is 67.5 cm³/mol. The molecule has 1 saturated heterocycles. The number of aliphatic hydroxyl groups excluding tert-OH is 2. The molecule has 0 unspecified atom stereocenters. The first-order valence-electron chi connectivity index (χ1n) is 5.78. The lowest BCUT2D eigenvalue weighted by Gasteiger charge is -2.19. The van der Waals surface area contributed by atoms with Crippen LogP contribution in [0.2, 0.25) is 0 Å². The number of nitrogens with zero attached hydrogens (tertiary/aromatic N) is 1. The van der Waals surface area contributed by atoms with Crippen molar-refractivity contribution >= 4 is 15.9 Å². The summed E-state index contributed by atoms with van der Waals surface area (Å²) >= 11 is 3.15. The third-order valence-electron chi connectivity index (χ3n) is 2.59. The molecule has 2 N–H and O–H groups in total. The second-order valence-electron chi connectivity index (χ2n) is 3.87. The van der Waals surface area contributed by atoms with Gasteiger partial charge in [-0.1, -0.05) is 15.9 Å². The van der Waals surface area contributed by atoms with Gasteiger partial charge < -0.3 is 15.1 Å². The van der Waals surface area contributed by atoms with E-state index in [4.69, 9.17) is 10.2 Å². The van der Waals surface area contributed by atoms with E-state index in [9.17, 15) is 0 Å². The lowest BCUT2D eigenvalue weighted by Crippen LogP contribution is -2.28. The monoisotopic (exact) mass is 281 g/mol. The van der Waals surface area contributed by atoms with Crippen LogP contribution in [0.1, 0.15) is 32.6 Å². The van der Waals surface area contributed by atoms with Crippen molar-refractivity contribution in [2.24, 2.45) is 0 Å². The van der Waals surface area contributed by atoms with E-state index < -0.39 is 0 Å². The summed E-state index contributed by atoms with van der Waals surface area (Å²) in [6.45, 7) is 5.22. The molecule has 3 nitrogen and oxygen atoms in total. The average Bonchev–Trinajstić information content (AvgIpc) is 2.63. The van der Waals surface area contributed by atoms with Crippen LogP contribution in [0.15, 0.2) is 0 Å². The van der Waals surface area contributed by atoms with Crippen molar-refractivity contribution in [3.8, 4) is 0 Å². The van der Waals surface area contributed by atoms with Crippen LogP contribution in [0.5, 0.6) is 0 Å². The Hall–Kier alpha value is 0.360. The SMILES string of the molecule is C[C@@H]1CCCN1CCCO.OCCCBr. The Balaban J connectivity index is 0.000000336. The van der Waals surface area contributed by atoms with Crippen LogP contribution in [0.4, 0.5) is 0 Å². The molecule has 1 aliphatic rings. The normalized spacial score (nSPS) is 21.2. The van der Waals surface area contributed by atoms with Gasteiger partial charge in [-0.2, -0.15) is 0 Å². The molecule has 1 aliphatic heterocycles. The molecule has 4 heteroatoms. The maximum Gasteiger partial charge on any atom is 0.0443 e. The van der Waals surface area contributed by atoms with Gasteiger partial charge in [0.1, 0.15) is 0 Å². The Morgan fingerprint density at radius 3 is 2.27 bits per heavy atom. The number of hydrogen-bond donors (Lipinski definition) is 2. The third-order valence-corrected chi connectivity index (χ3v) is 3.15. The summed E-state index contributed by atoms with van der Waals surface area (Å²) in [5.74, 6) is 0. The Kier molecular flexibility index (Phi) is 11.1. The maximum atomic E-state index is 8.59. The Labute approximate surface area is 102 Å². The van der Waals surface area contributed by atoms with Crippen molar-refractivity contribution in [1.29, 1.82) is 0 Å². The number of aliphatic hydroxyl groups is 2. The second-order valence-corrected chi connectivity index (χ2v) is 4.66. The van der Waals surface area contributed by atoms with Crippen molar-refractivity contribution in [3.05, 3.63) is 0 Å². The van der Waals surface area contributed by atoms with Gasteiger partial charge in [0.2, 0.25) is 0 Å². The Bertz CT molecular complexity index is 134. The standard InChI is InChI=1S/C8H17NO.C3H7BrO/c1-8-4-2-5-9(8)6-3-7-10;4-2-1-3-5/h8,10H,2-7H2,1H3;5H,1-3H2/t8-;/m1./s1. The van der Waals surface area contributed by atoms with Gasteiger partial charge in [0.15, 0.2) is 0 Å². The van der Waals surface area contributed by atoms with Gasteiger partial charge in [-0.15, -0.1) is 0 Å². The molecule has 0 saturated carbocycles. The molecule has 1 fully saturated rings. The molecular weight excluding hydrogens is 258 g/mol. The molecule has 0 aromatic rings. The fourth-order valence-corrected chi connectivity index (χ4v) is 1.91. The van der Waals surface area contributed by atoms with E-state index in [1.807, 2.05) is 0 Å². The first-order valence-corrected chi connectivity index (χ1v) is 6.90. The van der Waals surface area contributed by atoms with E-state index >= 15 is 0 Å². The van der Waals surface area contributed by atoms with Crippen LogP contribution in [0.25, 0.3) is 0 Å². The second kappa shape index (κ2) is 10.9. The first kappa shape index (κ1) is 15.4. The minimum atomic E-state index is 0.297. The molecule has 0 aromatic carbocycles. The van der Waals surface area contributed by atoms with E-state index in [1.165, 1.54) is 19.4 Å². The molecule has 1 heterocycles. The summed E-state index contributed by atoms with van der Waals surface area (Å²) in [6, 6.07) is 0.756. The minimum absolute atomic E-state index is 0.297. The van der Waals surface area contributed by atoms with Crippen molar-refractivity contribution in [1.82, 2.24) is 4.90 Å². The molecule has 1 rings (SSSR count). The zero-order valence-corrected chi connectivity index (χ0v) is 11.2. The van der Waals surface area contributed by atoms with Gasteiger partial charge in [0, 0.05) is 31.1 Å². The average molecular weight is 282 g/mol. The van der Waals surface area contributed by atoms with Crippen molar-refractivity contribution < 1.29 is 10.2 Å². The molecule has 0 bridgehead atoms. The van der Waals surface area contributed by atoms with Crippen molar-refractivity contribution in [3.63, 3.8) is 0 Å². The quantitative estimate of drug-likeness (QED) is 0.753. The lowest BCUT2D eigenvalue weighted by molar-refractivity contribution is 0.220. The van der Waals surface area contributed by atoms with Crippen molar-refractivity contribution in [2.45, 2.75) is 38.6 Å². The summed E-state index contributed by atoms with van der Waals surface area (Å²) in [5, 5.41) is 17.5. The molecule has 1 atom stereocenters. The van der Waals surface area contributed by atoms with Gasteiger partial charge in [-0.3, -0.25) is 0 Å². The van der Waals surface area contributed by atoms with Gasteiger partial charge in [0.25, 0.3) is 0 Å². The van der Waals surface area contributed by atoms with Crippen molar-refractivity contribution in [2.75, 3.05) is 31.6 Å². The van der Waals surface area contributed by atoms with Crippen LogP contribution in [0, 0.1) is 0 Å². The summed E-state index contributed by atoms with van der Waals surface area (Å²) in [6.07, 6.45) is 4.47. The van der Waals surface area contributed by atoms with E-state index in [1.54, 1.807) is 0 Å². The molecule has 0 radical (unpaired) electrons. The van der Waals surface area contributed by atoms with E-state index in [0.717, 1.165) is 30.8 Å². The number of alkyl halides is 1. The van der Waals surface area contributed by atoms with Gasteiger partial charge in [-0.05, 0) is 39.2 Å². The molecular formula is C11H24BrNO2. The topological polar surface area (TPSA) is 43.7 Å². The van der Waals surface area contributed by atoms with Gasteiger partial charge in [-0.25, -0.2) is 0 Å². The highest BCUT2D eigenvalue weighted by Crippen LogP contribution is 2.15. The molecule has 0 aromatic heterocycles. The number of hydrogen-bond acceptors (Lipinski definition) is 3. The highest BCUT2D eigenvalue weighted by atomic mass is 79.9.